The summed E-state index contributed by atoms with van der Waals surface area (Å²) in [5.74, 6) is 0. The number of aromatic nitrogens is 2. The number of hydrogen-bond donors (Lipinski definition) is 0. The molecule has 1 aromatic heterocycles. The average Bonchev–Trinajstić information content (AvgIpc) is 2.87. The summed E-state index contributed by atoms with van der Waals surface area (Å²) in [6, 6.07) is 10.8. The molecule has 0 radical (unpaired) electrons. The van der Waals surface area contributed by atoms with Gasteiger partial charge in [-0.3, -0.25) is 4.68 Å². The largest absolute Gasteiger partial charge is 0.273 e. The molecule has 0 saturated carbocycles. The highest BCUT2D eigenvalue weighted by molar-refractivity contribution is 9.09. The molecule has 1 aromatic carbocycles. The van der Waals surface area contributed by atoms with Crippen molar-refractivity contribution in [2.75, 3.05) is 10.7 Å². The van der Waals surface area contributed by atoms with Crippen LogP contribution < -0.4 is 0 Å². The normalized spacial score (nSPS) is 11.8. The topological polar surface area (TPSA) is 17.8 Å². The van der Waals surface area contributed by atoms with E-state index >= 15 is 0 Å². The Labute approximate surface area is 137 Å². The summed E-state index contributed by atoms with van der Waals surface area (Å²) >= 11 is 7.47. The Bertz CT molecular complexity index is 559. The van der Waals surface area contributed by atoms with Crippen LogP contribution in [0.5, 0.6) is 0 Å². The quantitative estimate of drug-likeness (QED) is 0.658. The first-order valence-corrected chi connectivity index (χ1v) is 9.02. The number of alkyl halides is 2. The van der Waals surface area contributed by atoms with Gasteiger partial charge in [0.1, 0.15) is 0 Å². The number of benzene rings is 1. The Hall–Kier alpha value is -0.610. The number of aryl methyl sites for hydroxylation is 3. The minimum atomic E-state index is 0.121. The zero-order valence-corrected chi connectivity index (χ0v) is 15.1. The molecule has 2 rings (SSSR count). The molecule has 0 spiro atoms. The number of halogens is 2. The molecule has 4 heteroatoms. The molecule has 0 N–H and O–H groups in total. The first kappa shape index (κ1) is 15.8. The zero-order chi connectivity index (χ0) is 14.6. The van der Waals surface area contributed by atoms with E-state index in [4.69, 9.17) is 0 Å². The minimum absolute atomic E-state index is 0.121. The second-order valence-corrected chi connectivity index (χ2v) is 6.43. The van der Waals surface area contributed by atoms with Crippen LogP contribution in [-0.4, -0.2) is 20.4 Å². The molecule has 0 amide bonds. The summed E-state index contributed by atoms with van der Waals surface area (Å²) in [7, 11) is 2.01. The van der Waals surface area contributed by atoms with E-state index in [0.717, 1.165) is 23.5 Å². The third-order valence-electron chi connectivity index (χ3n) is 4.01. The van der Waals surface area contributed by atoms with Crippen LogP contribution in [0.3, 0.4) is 0 Å². The lowest BCUT2D eigenvalue weighted by Gasteiger charge is -2.32. The third kappa shape index (κ3) is 3.17. The van der Waals surface area contributed by atoms with Crippen LogP contribution >= 0.6 is 31.9 Å². The molecule has 0 saturated heterocycles. The van der Waals surface area contributed by atoms with Crippen molar-refractivity contribution < 1.29 is 0 Å². The van der Waals surface area contributed by atoms with Gasteiger partial charge in [0.2, 0.25) is 0 Å². The van der Waals surface area contributed by atoms with Gasteiger partial charge < -0.3 is 0 Å². The standard InChI is InChI=1S/C16H20Br2N2/c1-13-5-3-4-6-15(13)16(11-17,12-18)9-7-14-8-10-19-20(14)2/h3-6,8,10H,7,9,11-12H2,1-2H3. The SMILES string of the molecule is Cc1ccccc1C(CBr)(CBr)CCc1ccnn1C. The Morgan fingerprint density at radius 1 is 1.15 bits per heavy atom. The minimum Gasteiger partial charge on any atom is -0.273 e. The highest BCUT2D eigenvalue weighted by atomic mass is 79.9. The number of rotatable bonds is 6. The Balaban J connectivity index is 2.26. The van der Waals surface area contributed by atoms with Crippen LogP contribution in [0.25, 0.3) is 0 Å². The van der Waals surface area contributed by atoms with Crippen molar-refractivity contribution >= 4 is 31.9 Å². The number of nitrogens with zero attached hydrogens (tertiary/aromatic N) is 2. The molecule has 2 aromatic rings. The highest BCUT2D eigenvalue weighted by Gasteiger charge is 2.31. The lowest BCUT2D eigenvalue weighted by Crippen LogP contribution is -2.32. The molecule has 0 aliphatic heterocycles. The van der Waals surface area contributed by atoms with Crippen molar-refractivity contribution in [3.05, 3.63) is 53.3 Å². The fraction of sp³-hybridized carbons (Fsp3) is 0.438. The van der Waals surface area contributed by atoms with Gasteiger partial charge in [-0.1, -0.05) is 56.1 Å². The summed E-state index contributed by atoms with van der Waals surface area (Å²) in [6.45, 7) is 2.19. The van der Waals surface area contributed by atoms with Crippen LogP contribution in [0, 0.1) is 6.92 Å². The zero-order valence-electron chi connectivity index (χ0n) is 11.9. The van der Waals surface area contributed by atoms with Crippen molar-refractivity contribution in [2.24, 2.45) is 7.05 Å². The molecule has 0 atom stereocenters. The predicted molar refractivity (Wildman–Crippen MR) is 92.0 cm³/mol. The molecule has 0 aliphatic carbocycles. The first-order valence-electron chi connectivity index (χ1n) is 6.78. The molecule has 0 bridgehead atoms. The van der Waals surface area contributed by atoms with Crippen molar-refractivity contribution in [1.29, 1.82) is 0 Å². The smallest absolute Gasteiger partial charge is 0.0492 e. The molecular formula is C16H20Br2N2. The van der Waals surface area contributed by atoms with Gasteiger partial charge in [-0.25, -0.2) is 0 Å². The van der Waals surface area contributed by atoms with Gasteiger partial charge in [-0.15, -0.1) is 0 Å². The van der Waals surface area contributed by atoms with Gasteiger partial charge in [0.25, 0.3) is 0 Å². The Morgan fingerprint density at radius 2 is 1.85 bits per heavy atom. The van der Waals surface area contributed by atoms with Crippen LogP contribution in [0.1, 0.15) is 23.2 Å². The fourth-order valence-electron chi connectivity index (χ4n) is 2.63. The molecule has 0 fully saturated rings. The third-order valence-corrected chi connectivity index (χ3v) is 6.16. The van der Waals surface area contributed by atoms with E-state index in [1.54, 1.807) is 0 Å². The van der Waals surface area contributed by atoms with Gasteiger partial charge in [-0.2, -0.15) is 5.10 Å². The Morgan fingerprint density at radius 3 is 2.40 bits per heavy atom. The second-order valence-electron chi connectivity index (χ2n) is 5.31. The van der Waals surface area contributed by atoms with E-state index in [9.17, 15) is 0 Å². The second kappa shape index (κ2) is 6.90. The summed E-state index contributed by atoms with van der Waals surface area (Å²) in [5.41, 5.74) is 4.19. The molecule has 1 heterocycles. The van der Waals surface area contributed by atoms with Gasteiger partial charge in [-0.05, 0) is 37.0 Å². The van der Waals surface area contributed by atoms with E-state index in [2.05, 4.69) is 74.2 Å². The van der Waals surface area contributed by atoms with Crippen LogP contribution in [0.4, 0.5) is 0 Å². The summed E-state index contributed by atoms with van der Waals surface area (Å²) in [4.78, 5) is 0. The van der Waals surface area contributed by atoms with E-state index in [1.807, 2.05) is 17.9 Å². The van der Waals surface area contributed by atoms with Crippen molar-refractivity contribution in [3.8, 4) is 0 Å². The fourth-order valence-corrected chi connectivity index (χ4v) is 4.72. The van der Waals surface area contributed by atoms with Crippen LogP contribution in [0.15, 0.2) is 36.5 Å². The predicted octanol–water partition coefficient (Wildman–Crippen LogP) is 4.39. The first-order chi connectivity index (χ1) is 9.63. The Kier molecular flexibility index (Phi) is 5.44. The van der Waals surface area contributed by atoms with E-state index in [0.29, 0.717) is 0 Å². The van der Waals surface area contributed by atoms with Gasteiger partial charge >= 0.3 is 0 Å². The summed E-state index contributed by atoms with van der Waals surface area (Å²) in [5, 5.41) is 6.16. The maximum Gasteiger partial charge on any atom is 0.0492 e. The van der Waals surface area contributed by atoms with Gasteiger partial charge in [0.15, 0.2) is 0 Å². The number of hydrogen-bond acceptors (Lipinski definition) is 1. The lowest BCUT2D eigenvalue weighted by atomic mass is 9.78. The van der Waals surface area contributed by atoms with E-state index in [-0.39, 0.29) is 5.41 Å². The summed E-state index contributed by atoms with van der Waals surface area (Å²) in [6.07, 6.45) is 3.99. The van der Waals surface area contributed by atoms with Crippen molar-refractivity contribution in [2.45, 2.75) is 25.2 Å². The maximum absolute atomic E-state index is 4.25. The van der Waals surface area contributed by atoms with E-state index in [1.165, 1.54) is 16.8 Å². The molecule has 0 aliphatic rings. The van der Waals surface area contributed by atoms with Gasteiger partial charge in [0, 0.05) is 35.0 Å². The molecule has 108 valence electrons. The molecule has 20 heavy (non-hydrogen) atoms. The molecular weight excluding hydrogens is 380 g/mol. The lowest BCUT2D eigenvalue weighted by molar-refractivity contribution is 0.491. The molecule has 2 nitrogen and oxygen atoms in total. The highest BCUT2D eigenvalue weighted by Crippen LogP contribution is 2.35. The van der Waals surface area contributed by atoms with Crippen molar-refractivity contribution in [1.82, 2.24) is 9.78 Å². The molecule has 0 unspecified atom stereocenters. The van der Waals surface area contributed by atoms with Gasteiger partial charge in [0.05, 0.1) is 0 Å². The van der Waals surface area contributed by atoms with Crippen LogP contribution in [-0.2, 0) is 18.9 Å². The van der Waals surface area contributed by atoms with Crippen molar-refractivity contribution in [3.63, 3.8) is 0 Å². The maximum atomic E-state index is 4.25. The monoisotopic (exact) mass is 398 g/mol. The van der Waals surface area contributed by atoms with E-state index < -0.39 is 0 Å². The average molecular weight is 400 g/mol. The van der Waals surface area contributed by atoms with Crippen LogP contribution in [0.2, 0.25) is 0 Å². The summed E-state index contributed by atoms with van der Waals surface area (Å²) < 4.78 is 1.96.